The molecule has 0 radical (unpaired) electrons. The number of unbranched alkanes of at least 4 members (excludes halogenated alkanes) is 2. The van der Waals surface area contributed by atoms with Gasteiger partial charge in [-0.3, -0.25) is 0 Å². The second kappa shape index (κ2) is 13.7. The van der Waals surface area contributed by atoms with Gasteiger partial charge < -0.3 is 4.79 Å². The first-order valence-corrected chi connectivity index (χ1v) is 9.55. The third-order valence-electron chi connectivity index (χ3n) is 1.84. The summed E-state index contributed by atoms with van der Waals surface area (Å²) in [7, 11) is 0. The van der Waals surface area contributed by atoms with Crippen molar-refractivity contribution < 1.29 is 41.4 Å². The molecule has 120 valence electrons. The van der Waals surface area contributed by atoms with Crippen molar-refractivity contribution >= 4 is 11.8 Å². The normalized spacial score (nSPS) is 10.5. The molecule has 0 aliphatic heterocycles. The van der Waals surface area contributed by atoms with E-state index < -0.39 is 24.1 Å². The van der Waals surface area contributed by atoms with Crippen LogP contribution in [0.25, 0.3) is 0 Å². The molecule has 0 amide bonds. The minimum absolute atomic E-state index is 0.167. The van der Waals surface area contributed by atoms with Gasteiger partial charge in [0.2, 0.25) is 0 Å². The summed E-state index contributed by atoms with van der Waals surface area (Å²) in [5.74, 6) is -0.393. The zero-order chi connectivity index (χ0) is 16.0. The van der Waals surface area contributed by atoms with Crippen LogP contribution < -0.4 is 0 Å². The van der Waals surface area contributed by atoms with Crippen LogP contribution >= 0.6 is 0 Å². The molecule has 0 saturated carbocycles. The molecule has 0 rings (SSSR count). The molecule has 0 unspecified atom stereocenters. The van der Waals surface area contributed by atoms with Crippen molar-refractivity contribution in [3.8, 4) is 0 Å². The zero-order valence-electron chi connectivity index (χ0n) is 13.2. The van der Waals surface area contributed by atoms with E-state index in [1.54, 1.807) is 0 Å². The number of ketones is 1. The van der Waals surface area contributed by atoms with Crippen molar-refractivity contribution in [1.29, 1.82) is 0 Å². The van der Waals surface area contributed by atoms with Crippen LogP contribution in [0.15, 0.2) is 0 Å². The summed E-state index contributed by atoms with van der Waals surface area (Å²) >= 11 is -4.27. The molecular weight excluding hydrogens is 300 g/mol. The van der Waals surface area contributed by atoms with Gasteiger partial charge in [0.15, 0.2) is 0 Å². The van der Waals surface area contributed by atoms with E-state index in [1.807, 2.05) is 13.8 Å². The van der Waals surface area contributed by atoms with E-state index in [-0.39, 0.29) is 5.78 Å². The van der Waals surface area contributed by atoms with Crippen LogP contribution in [0.3, 0.4) is 0 Å². The van der Waals surface area contributed by atoms with E-state index in [0.717, 1.165) is 25.7 Å². The monoisotopic (exact) mass is 328 g/mol. The van der Waals surface area contributed by atoms with Crippen LogP contribution in [0.1, 0.15) is 60.3 Å². The number of carbonyl (C=O) groups is 2. The van der Waals surface area contributed by atoms with E-state index in [1.165, 1.54) is 20.8 Å². The van der Waals surface area contributed by atoms with Gasteiger partial charge in [0.05, 0.1) is 0 Å². The minimum atomic E-state index is -4.27. The Bertz CT molecular complexity index is 256. The molecule has 0 aliphatic carbocycles. The van der Waals surface area contributed by atoms with Crippen LogP contribution in [0.5, 0.6) is 0 Å². The molecular formula is C13H28O6Ti. The predicted molar refractivity (Wildman–Crippen MR) is 72.1 cm³/mol. The standard InChI is InChI=1S/2C4H9O.C3H6O.C2H4O2.H2O.Ti/c2*1-2-3-4-5;1-3(2)4;1-2(3)4;;/h2*2-4H2,1H3;1-2H3;1H3,(H,3,4);1H2;/q2*-1;;;;+4/p-2. The quantitative estimate of drug-likeness (QED) is 0.517. The van der Waals surface area contributed by atoms with Gasteiger partial charge in [-0.25, -0.2) is 0 Å². The van der Waals surface area contributed by atoms with Gasteiger partial charge in [0, 0.05) is 0 Å². The first kappa shape index (κ1) is 22.0. The predicted octanol–water partition coefficient (Wildman–Crippen LogP) is 2.58. The van der Waals surface area contributed by atoms with Crippen LogP contribution in [0.4, 0.5) is 0 Å². The van der Waals surface area contributed by atoms with E-state index in [4.69, 9.17) is 9.96 Å². The maximum atomic E-state index is 10.8. The summed E-state index contributed by atoms with van der Waals surface area (Å²) in [6, 6.07) is 0. The van der Waals surface area contributed by atoms with Crippen LogP contribution in [0.2, 0.25) is 0 Å². The summed E-state index contributed by atoms with van der Waals surface area (Å²) in [6.07, 6.45) is 3.53. The molecule has 0 heterocycles. The third kappa shape index (κ3) is 17.7. The molecule has 0 spiro atoms. The number of rotatable bonds is 9. The second-order valence-electron chi connectivity index (χ2n) is 4.43. The number of hydrogen-bond donors (Lipinski definition) is 1. The van der Waals surface area contributed by atoms with Gasteiger partial charge in [0.1, 0.15) is 5.78 Å². The Morgan fingerprint density at radius 3 is 1.55 bits per heavy atom. The maximum absolute atomic E-state index is 10.8. The summed E-state index contributed by atoms with van der Waals surface area (Å²) < 4.78 is 25.1. The molecule has 0 atom stereocenters. The van der Waals surface area contributed by atoms with Crippen molar-refractivity contribution in [2.45, 2.75) is 60.3 Å². The fourth-order valence-corrected chi connectivity index (χ4v) is 3.11. The molecule has 0 aromatic carbocycles. The van der Waals surface area contributed by atoms with Gasteiger partial charge in [-0.1, -0.05) is 0 Å². The summed E-state index contributed by atoms with van der Waals surface area (Å²) in [5, 5.41) is 0. The Hall–Kier alpha value is -0.266. The third-order valence-corrected chi connectivity index (χ3v) is 4.47. The van der Waals surface area contributed by atoms with Gasteiger partial charge in [0.25, 0.3) is 0 Å². The second-order valence-corrected chi connectivity index (χ2v) is 7.29. The Balaban J connectivity index is 0. The van der Waals surface area contributed by atoms with E-state index in [9.17, 15) is 13.3 Å². The molecule has 0 aliphatic rings. The molecule has 0 bridgehead atoms. The summed E-state index contributed by atoms with van der Waals surface area (Å²) in [4.78, 5) is 20.3. The molecule has 0 aromatic rings. The average Bonchev–Trinajstić information content (AvgIpc) is 2.27. The summed E-state index contributed by atoms with van der Waals surface area (Å²) in [6.45, 7) is 9.06. The average molecular weight is 328 g/mol. The van der Waals surface area contributed by atoms with Crippen LogP contribution in [0, 0.1) is 0 Å². The van der Waals surface area contributed by atoms with Crippen LogP contribution in [-0.4, -0.2) is 28.7 Å². The number of carbonyl (C=O) groups excluding carboxylic acids is 2. The first-order valence-electron chi connectivity index (χ1n) is 6.94. The topological polar surface area (TPSA) is 82.1 Å². The molecule has 0 saturated heterocycles. The van der Waals surface area contributed by atoms with E-state index in [2.05, 4.69) is 0 Å². The van der Waals surface area contributed by atoms with Crippen molar-refractivity contribution in [3.63, 3.8) is 0 Å². The van der Waals surface area contributed by atoms with Gasteiger partial charge >= 0.3 is 102 Å². The molecule has 20 heavy (non-hydrogen) atoms. The van der Waals surface area contributed by atoms with E-state index in [0.29, 0.717) is 13.2 Å². The Morgan fingerprint density at radius 1 is 0.950 bits per heavy atom. The Morgan fingerprint density at radius 2 is 1.30 bits per heavy atom. The van der Waals surface area contributed by atoms with Crippen molar-refractivity contribution in [2.24, 2.45) is 0 Å². The Kier molecular flexibility index (Phi) is 15.1. The molecule has 7 heteroatoms. The van der Waals surface area contributed by atoms with Crippen molar-refractivity contribution in [2.75, 3.05) is 13.2 Å². The molecule has 0 fully saturated rings. The van der Waals surface area contributed by atoms with Gasteiger partial charge in [-0.2, -0.15) is 0 Å². The van der Waals surface area contributed by atoms with Crippen molar-refractivity contribution in [1.82, 2.24) is 0 Å². The number of hydrogen-bond acceptors (Lipinski definition) is 6. The number of Topliss-reactive ketones (excluding diaryl/α,β-unsaturated/α-hetero) is 1. The molecule has 0 aromatic heterocycles. The summed E-state index contributed by atoms with van der Waals surface area (Å²) in [5.41, 5.74) is 0. The molecule has 6 nitrogen and oxygen atoms in total. The molecule has 1 N–H and O–H groups in total. The first-order chi connectivity index (χ1) is 9.27. The fraction of sp³-hybridized carbons (Fsp3) is 0.846. The van der Waals surface area contributed by atoms with Gasteiger partial charge in [-0.15, -0.1) is 0 Å². The SMILES string of the molecule is CC(C)=O.CCCC[O][Ti]([OH])([O]CCCC)[O]C(C)=O. The van der Waals surface area contributed by atoms with Crippen LogP contribution in [-0.2, 0) is 37.7 Å². The van der Waals surface area contributed by atoms with Crippen molar-refractivity contribution in [3.05, 3.63) is 0 Å². The Labute approximate surface area is 127 Å². The van der Waals surface area contributed by atoms with Gasteiger partial charge in [-0.05, 0) is 13.8 Å². The van der Waals surface area contributed by atoms with E-state index >= 15 is 0 Å². The fourth-order valence-electron chi connectivity index (χ4n) is 0.973. The zero-order valence-corrected chi connectivity index (χ0v) is 14.8.